The number of nitrogens with zero attached hydrogens (tertiary/aromatic N) is 4. The minimum atomic E-state index is -0.496. The second-order valence-corrected chi connectivity index (χ2v) is 8.77. The molecular weight excluding hydrogens is 400 g/mol. The minimum Gasteiger partial charge on any atom is -0.444 e. The van der Waals surface area contributed by atoms with Crippen molar-refractivity contribution < 1.29 is 9.53 Å². The molecular formula is C23H25ClN4O2. The molecule has 1 aromatic heterocycles. The monoisotopic (exact) mass is 424 g/mol. The van der Waals surface area contributed by atoms with Crippen LogP contribution in [-0.2, 0) is 4.74 Å². The standard InChI is InChI=1S/C23H25ClN4O2/c1-23(2,3)30-22(29)28-11-9-27(10-12-28)21-18-13-19(24)17(14-20(18)25-15-26-21)16-7-5-4-6-8-16/h4-8,13-15H,9-12H2,1-3H3. The maximum Gasteiger partial charge on any atom is 0.410 e. The van der Waals surface area contributed by atoms with E-state index in [-0.39, 0.29) is 6.09 Å². The maximum atomic E-state index is 12.3. The van der Waals surface area contributed by atoms with Crippen LogP contribution in [0.4, 0.5) is 10.6 Å². The van der Waals surface area contributed by atoms with Crippen molar-refractivity contribution in [3.8, 4) is 11.1 Å². The van der Waals surface area contributed by atoms with Crippen molar-refractivity contribution in [3.63, 3.8) is 0 Å². The summed E-state index contributed by atoms with van der Waals surface area (Å²) < 4.78 is 5.48. The average molecular weight is 425 g/mol. The first kappa shape index (κ1) is 20.4. The van der Waals surface area contributed by atoms with Crippen LogP contribution in [-0.4, -0.2) is 52.7 Å². The third-order valence-corrected chi connectivity index (χ3v) is 5.33. The molecule has 30 heavy (non-hydrogen) atoms. The Kier molecular flexibility index (Phi) is 5.52. The smallest absolute Gasteiger partial charge is 0.410 e. The molecule has 0 radical (unpaired) electrons. The van der Waals surface area contributed by atoms with Crippen LogP contribution in [0.2, 0.25) is 5.02 Å². The number of piperazine rings is 1. The number of carbonyl (C=O) groups excluding carboxylic acids is 1. The maximum absolute atomic E-state index is 12.3. The first-order valence-corrected chi connectivity index (χ1v) is 10.4. The lowest BCUT2D eigenvalue weighted by Gasteiger charge is -2.36. The molecule has 1 aliphatic rings. The molecule has 2 heterocycles. The molecule has 7 heteroatoms. The van der Waals surface area contributed by atoms with E-state index in [4.69, 9.17) is 16.3 Å². The van der Waals surface area contributed by atoms with Crippen molar-refractivity contribution in [1.29, 1.82) is 0 Å². The molecule has 0 N–H and O–H groups in total. The van der Waals surface area contributed by atoms with E-state index in [2.05, 4.69) is 14.9 Å². The second kappa shape index (κ2) is 8.11. The van der Waals surface area contributed by atoms with Gasteiger partial charge in [0.25, 0.3) is 0 Å². The number of anilines is 1. The summed E-state index contributed by atoms with van der Waals surface area (Å²) in [6, 6.07) is 14.0. The van der Waals surface area contributed by atoms with Crippen LogP contribution in [0.5, 0.6) is 0 Å². The van der Waals surface area contributed by atoms with Crippen molar-refractivity contribution in [2.24, 2.45) is 0 Å². The summed E-state index contributed by atoms with van der Waals surface area (Å²) in [6.07, 6.45) is 1.31. The molecule has 0 atom stereocenters. The van der Waals surface area contributed by atoms with Crippen molar-refractivity contribution in [3.05, 3.63) is 53.8 Å². The van der Waals surface area contributed by atoms with Crippen LogP contribution >= 0.6 is 11.6 Å². The van der Waals surface area contributed by atoms with Crippen LogP contribution in [0.25, 0.3) is 22.0 Å². The highest BCUT2D eigenvalue weighted by Gasteiger charge is 2.27. The first-order valence-electron chi connectivity index (χ1n) is 10.0. The van der Waals surface area contributed by atoms with Gasteiger partial charge in [-0.3, -0.25) is 0 Å². The molecule has 2 aromatic carbocycles. The summed E-state index contributed by atoms with van der Waals surface area (Å²) in [5.41, 5.74) is 2.35. The van der Waals surface area contributed by atoms with Gasteiger partial charge in [0, 0.05) is 42.2 Å². The number of aromatic nitrogens is 2. The van der Waals surface area contributed by atoms with Gasteiger partial charge in [0.2, 0.25) is 0 Å². The zero-order chi connectivity index (χ0) is 21.3. The molecule has 0 spiro atoms. The highest BCUT2D eigenvalue weighted by atomic mass is 35.5. The molecule has 0 saturated carbocycles. The van der Waals surface area contributed by atoms with Crippen molar-refractivity contribution in [2.75, 3.05) is 31.1 Å². The lowest BCUT2D eigenvalue weighted by molar-refractivity contribution is 0.0240. The van der Waals surface area contributed by atoms with Gasteiger partial charge >= 0.3 is 6.09 Å². The van der Waals surface area contributed by atoms with E-state index in [1.807, 2.05) is 63.2 Å². The van der Waals surface area contributed by atoms with E-state index in [1.54, 1.807) is 11.2 Å². The van der Waals surface area contributed by atoms with Crippen LogP contribution in [0, 0.1) is 0 Å². The molecule has 0 unspecified atom stereocenters. The average Bonchev–Trinajstić information content (AvgIpc) is 2.72. The van der Waals surface area contributed by atoms with Gasteiger partial charge in [-0.1, -0.05) is 41.9 Å². The summed E-state index contributed by atoms with van der Waals surface area (Å²) in [5, 5.41) is 1.57. The predicted octanol–water partition coefficient (Wildman–Crippen LogP) is 5.01. The SMILES string of the molecule is CC(C)(C)OC(=O)N1CCN(c2ncnc3cc(-c4ccccc4)c(Cl)cc23)CC1. The van der Waals surface area contributed by atoms with E-state index in [0.717, 1.165) is 27.8 Å². The van der Waals surface area contributed by atoms with Gasteiger partial charge < -0.3 is 14.5 Å². The van der Waals surface area contributed by atoms with Crippen LogP contribution in [0.1, 0.15) is 20.8 Å². The van der Waals surface area contributed by atoms with Gasteiger partial charge in [0.1, 0.15) is 17.7 Å². The summed E-state index contributed by atoms with van der Waals surface area (Å²) >= 11 is 6.63. The summed E-state index contributed by atoms with van der Waals surface area (Å²) in [7, 11) is 0. The van der Waals surface area contributed by atoms with Crippen LogP contribution in [0.3, 0.4) is 0 Å². The number of halogens is 1. The van der Waals surface area contributed by atoms with Gasteiger partial charge in [-0.25, -0.2) is 14.8 Å². The fourth-order valence-corrected chi connectivity index (χ4v) is 3.85. The molecule has 0 bridgehead atoms. The van der Waals surface area contributed by atoms with Crippen molar-refractivity contribution in [1.82, 2.24) is 14.9 Å². The highest BCUT2D eigenvalue weighted by Crippen LogP contribution is 2.34. The predicted molar refractivity (Wildman–Crippen MR) is 120 cm³/mol. The summed E-state index contributed by atoms with van der Waals surface area (Å²) in [5.74, 6) is 0.838. The van der Waals surface area contributed by atoms with E-state index in [9.17, 15) is 4.79 Å². The topological polar surface area (TPSA) is 58.6 Å². The number of hydrogen-bond donors (Lipinski definition) is 0. The number of ether oxygens (including phenoxy) is 1. The molecule has 3 aromatic rings. The fraction of sp³-hybridized carbons (Fsp3) is 0.348. The van der Waals surface area contributed by atoms with Crippen LogP contribution < -0.4 is 4.90 Å². The number of carbonyl (C=O) groups is 1. The van der Waals surface area contributed by atoms with Gasteiger partial charge in [0.05, 0.1) is 5.52 Å². The molecule has 1 aliphatic heterocycles. The zero-order valence-corrected chi connectivity index (χ0v) is 18.2. The second-order valence-electron chi connectivity index (χ2n) is 8.37. The number of amides is 1. The number of benzene rings is 2. The molecule has 1 fully saturated rings. The summed E-state index contributed by atoms with van der Waals surface area (Å²) in [4.78, 5) is 25.2. The fourth-order valence-electron chi connectivity index (χ4n) is 3.58. The lowest BCUT2D eigenvalue weighted by atomic mass is 10.0. The van der Waals surface area contributed by atoms with E-state index >= 15 is 0 Å². The molecule has 156 valence electrons. The van der Waals surface area contributed by atoms with Crippen molar-refractivity contribution in [2.45, 2.75) is 26.4 Å². The third-order valence-electron chi connectivity index (χ3n) is 5.02. The van der Waals surface area contributed by atoms with Gasteiger partial charge in [-0.05, 0) is 38.5 Å². The van der Waals surface area contributed by atoms with Crippen molar-refractivity contribution >= 4 is 34.4 Å². The van der Waals surface area contributed by atoms with E-state index in [0.29, 0.717) is 31.2 Å². The quantitative estimate of drug-likeness (QED) is 0.578. The van der Waals surface area contributed by atoms with Gasteiger partial charge in [-0.15, -0.1) is 0 Å². The minimum absolute atomic E-state index is 0.273. The number of rotatable bonds is 2. The Morgan fingerprint density at radius 3 is 2.40 bits per heavy atom. The van der Waals surface area contributed by atoms with E-state index < -0.39 is 5.60 Å². The Labute approximate surface area is 181 Å². The van der Waals surface area contributed by atoms with E-state index in [1.165, 1.54) is 0 Å². The summed E-state index contributed by atoms with van der Waals surface area (Å²) in [6.45, 7) is 8.13. The lowest BCUT2D eigenvalue weighted by Crippen LogP contribution is -2.50. The Bertz CT molecular complexity index is 1060. The van der Waals surface area contributed by atoms with Gasteiger partial charge in [-0.2, -0.15) is 0 Å². The van der Waals surface area contributed by atoms with Crippen LogP contribution in [0.15, 0.2) is 48.8 Å². The van der Waals surface area contributed by atoms with Gasteiger partial charge in [0.15, 0.2) is 0 Å². The molecule has 0 aliphatic carbocycles. The Balaban J connectivity index is 1.57. The first-order chi connectivity index (χ1) is 14.3. The Hall–Kier alpha value is -2.86. The Morgan fingerprint density at radius 1 is 1.03 bits per heavy atom. The number of hydrogen-bond acceptors (Lipinski definition) is 5. The largest absolute Gasteiger partial charge is 0.444 e. The Morgan fingerprint density at radius 2 is 1.73 bits per heavy atom. The zero-order valence-electron chi connectivity index (χ0n) is 17.4. The third kappa shape index (κ3) is 4.33. The molecule has 4 rings (SSSR count). The normalized spacial score (nSPS) is 14.8. The molecule has 6 nitrogen and oxygen atoms in total. The molecule has 1 amide bonds. The molecule has 1 saturated heterocycles. The number of fused-ring (bicyclic) bond motifs is 1. The highest BCUT2D eigenvalue weighted by molar-refractivity contribution is 6.34.